The molecule has 0 fully saturated rings. The lowest BCUT2D eigenvalue weighted by Gasteiger charge is -2.21. The number of aromatic amines is 1. The first-order valence-corrected chi connectivity index (χ1v) is 13.3. The zero-order valence-electron chi connectivity index (χ0n) is 22.9. The molecule has 10 nitrogen and oxygen atoms in total. The lowest BCUT2D eigenvalue weighted by atomic mass is 9.97. The second kappa shape index (κ2) is 12.7. The maximum absolute atomic E-state index is 13.3. The van der Waals surface area contributed by atoms with Gasteiger partial charge in [0.05, 0.1) is 31.8 Å². The number of nitrogens with zero attached hydrogens (tertiary/aromatic N) is 3. The number of carbonyl (C=O) groups excluding carboxylic acids is 1. The monoisotopic (exact) mass is 564 g/mol. The lowest BCUT2D eigenvalue weighted by molar-refractivity contribution is 0.0735. The van der Waals surface area contributed by atoms with Gasteiger partial charge in [0.2, 0.25) is 0 Å². The Morgan fingerprint density at radius 1 is 1.02 bits per heavy atom. The second-order valence-electron chi connectivity index (χ2n) is 9.72. The minimum atomic E-state index is -0.790. The Bertz CT molecular complexity index is 1820. The van der Waals surface area contributed by atoms with Gasteiger partial charge in [0, 0.05) is 12.1 Å². The van der Waals surface area contributed by atoms with Gasteiger partial charge in [-0.3, -0.25) is 4.79 Å². The quantitative estimate of drug-likeness (QED) is 0.242. The molecule has 0 aliphatic carbocycles. The van der Waals surface area contributed by atoms with Crippen LogP contribution in [0.2, 0.25) is 0 Å². The molecule has 0 atom stereocenters. The van der Waals surface area contributed by atoms with Crippen LogP contribution in [0.1, 0.15) is 39.2 Å². The summed E-state index contributed by atoms with van der Waals surface area (Å²) in [6.45, 7) is 3.05. The molecule has 2 heterocycles. The van der Waals surface area contributed by atoms with E-state index in [1.807, 2.05) is 49.4 Å². The number of furan rings is 1. The molecular weight excluding hydrogens is 536 g/mol. The molecule has 42 heavy (non-hydrogen) atoms. The Hall–Kier alpha value is -5.56. The van der Waals surface area contributed by atoms with Gasteiger partial charge in [0.25, 0.3) is 5.91 Å². The fourth-order valence-electron chi connectivity index (χ4n) is 4.60. The van der Waals surface area contributed by atoms with E-state index in [9.17, 15) is 14.4 Å². The van der Waals surface area contributed by atoms with Crippen LogP contribution in [0.5, 0.6) is 5.75 Å². The Labute approximate surface area is 241 Å². The second-order valence-corrected chi connectivity index (χ2v) is 9.72. The summed E-state index contributed by atoms with van der Waals surface area (Å²) >= 11 is 0. The number of H-pyrrole nitrogens is 1. The van der Waals surface area contributed by atoms with Crippen molar-refractivity contribution in [2.75, 3.05) is 6.54 Å². The predicted molar refractivity (Wildman–Crippen MR) is 154 cm³/mol. The van der Waals surface area contributed by atoms with Crippen LogP contribution in [0.4, 0.5) is 0 Å². The Balaban J connectivity index is 1.24. The topological polar surface area (TPSA) is 134 Å². The van der Waals surface area contributed by atoms with Crippen molar-refractivity contribution >= 4 is 5.91 Å². The first-order valence-electron chi connectivity index (χ1n) is 13.3. The van der Waals surface area contributed by atoms with Gasteiger partial charge in [-0.2, -0.15) is 5.26 Å². The van der Waals surface area contributed by atoms with Crippen LogP contribution in [0, 0.1) is 18.3 Å². The number of aryl methyl sites for hydroxylation is 1. The van der Waals surface area contributed by atoms with Gasteiger partial charge in [-0.1, -0.05) is 36.4 Å². The molecule has 0 aliphatic rings. The average molecular weight is 565 g/mol. The third-order valence-corrected chi connectivity index (χ3v) is 6.70. The molecule has 212 valence electrons. The summed E-state index contributed by atoms with van der Waals surface area (Å²) in [6, 6.07) is 26.5. The summed E-state index contributed by atoms with van der Waals surface area (Å²) in [7, 11) is 0. The van der Waals surface area contributed by atoms with E-state index in [4.69, 9.17) is 18.9 Å². The standard InChI is InChI=1S/C32H28N4O6/c1-22-17-26(30(37)35(15-4-14-33)20-28-7-3-16-40-28)10-13-29(22)25-6-2-5-24(18-25)21-41-27-11-8-23(9-12-27)19-36-31(38)34-32(39)42-36/h2-3,5-13,16-18H,4,15,19-21H2,1H3,(H,34,38,39). The molecule has 0 saturated carbocycles. The SMILES string of the molecule is Cc1cc(C(=O)N(CCC#N)Cc2ccco2)ccc1-c1cccc(COc2ccc(Cn3oc(=O)[nH]c3=O)cc2)c1. The Morgan fingerprint density at radius 2 is 1.86 bits per heavy atom. The number of hydrogen-bond donors (Lipinski definition) is 1. The number of rotatable bonds is 11. The van der Waals surface area contributed by atoms with E-state index >= 15 is 0 Å². The first-order chi connectivity index (χ1) is 20.4. The van der Waals surface area contributed by atoms with Crippen LogP contribution in [-0.2, 0) is 19.7 Å². The van der Waals surface area contributed by atoms with Crippen LogP contribution >= 0.6 is 0 Å². The zero-order valence-corrected chi connectivity index (χ0v) is 22.9. The van der Waals surface area contributed by atoms with Crippen LogP contribution in [0.15, 0.2) is 104 Å². The molecule has 0 saturated heterocycles. The summed E-state index contributed by atoms with van der Waals surface area (Å²) in [6.07, 6.45) is 1.80. The molecule has 0 radical (unpaired) electrons. The molecule has 10 heteroatoms. The van der Waals surface area contributed by atoms with Gasteiger partial charge in [-0.15, -0.1) is 4.74 Å². The van der Waals surface area contributed by atoms with Gasteiger partial charge >= 0.3 is 11.4 Å². The fraction of sp³-hybridized carbons (Fsp3) is 0.188. The number of carbonyl (C=O) groups is 1. The van der Waals surface area contributed by atoms with Gasteiger partial charge < -0.3 is 18.6 Å². The number of benzene rings is 3. The number of amides is 1. The first kappa shape index (κ1) is 28.0. The summed E-state index contributed by atoms with van der Waals surface area (Å²) in [5.41, 5.74) is 4.65. The van der Waals surface area contributed by atoms with Crippen LogP contribution < -0.4 is 16.2 Å². The van der Waals surface area contributed by atoms with Crippen molar-refractivity contribution in [2.24, 2.45) is 0 Å². The number of nitrogens with one attached hydrogen (secondary N) is 1. The molecule has 5 rings (SSSR count). The highest BCUT2D eigenvalue weighted by Gasteiger charge is 2.18. The summed E-state index contributed by atoms with van der Waals surface area (Å²) < 4.78 is 17.1. The highest BCUT2D eigenvalue weighted by atomic mass is 16.5. The Morgan fingerprint density at radius 3 is 2.55 bits per heavy atom. The third-order valence-electron chi connectivity index (χ3n) is 6.70. The van der Waals surface area contributed by atoms with Crippen molar-refractivity contribution in [2.45, 2.75) is 33.0 Å². The smallest absolute Gasteiger partial charge is 0.440 e. The zero-order chi connectivity index (χ0) is 29.5. The molecule has 3 aromatic carbocycles. The average Bonchev–Trinajstić information content (AvgIpc) is 3.62. The summed E-state index contributed by atoms with van der Waals surface area (Å²) in [5.74, 6) is 0.366. The van der Waals surface area contributed by atoms with Crippen molar-refractivity contribution < 1.29 is 18.5 Å². The van der Waals surface area contributed by atoms with Crippen molar-refractivity contribution in [3.8, 4) is 22.9 Å². The van der Waals surface area contributed by atoms with Gasteiger partial charge in [-0.25, -0.2) is 14.6 Å². The lowest BCUT2D eigenvalue weighted by Crippen LogP contribution is -2.31. The van der Waals surface area contributed by atoms with Crippen molar-refractivity contribution in [3.63, 3.8) is 0 Å². The molecule has 0 aliphatic heterocycles. The molecule has 5 aromatic rings. The maximum atomic E-state index is 13.3. The van der Waals surface area contributed by atoms with Crippen molar-refractivity contribution in [1.29, 1.82) is 5.26 Å². The van der Waals surface area contributed by atoms with E-state index in [1.54, 1.807) is 41.5 Å². The van der Waals surface area contributed by atoms with E-state index in [-0.39, 0.29) is 18.9 Å². The Kier molecular flexibility index (Phi) is 8.49. The molecular formula is C32H28N4O6. The van der Waals surface area contributed by atoms with Crippen molar-refractivity contribution in [1.82, 2.24) is 14.6 Å². The van der Waals surface area contributed by atoms with Crippen LogP contribution in [-0.4, -0.2) is 27.1 Å². The van der Waals surface area contributed by atoms with Gasteiger partial charge in [0.15, 0.2) is 0 Å². The normalized spacial score (nSPS) is 10.8. The predicted octanol–water partition coefficient (Wildman–Crippen LogP) is 4.88. The third kappa shape index (κ3) is 6.77. The van der Waals surface area contributed by atoms with E-state index in [0.717, 1.165) is 32.6 Å². The largest absolute Gasteiger partial charge is 0.489 e. The number of aromatic nitrogens is 2. The van der Waals surface area contributed by atoms with E-state index in [1.165, 1.54) is 0 Å². The molecule has 0 spiro atoms. The highest BCUT2D eigenvalue weighted by Crippen LogP contribution is 2.27. The molecule has 0 unspecified atom stereocenters. The fourth-order valence-corrected chi connectivity index (χ4v) is 4.60. The van der Waals surface area contributed by atoms with Gasteiger partial charge in [-0.05, 0) is 77.2 Å². The molecule has 1 amide bonds. The highest BCUT2D eigenvalue weighted by molar-refractivity contribution is 5.95. The molecule has 1 N–H and O–H groups in total. The summed E-state index contributed by atoms with van der Waals surface area (Å²) in [5, 5.41) is 9.05. The number of nitriles is 1. The number of ether oxygens (including phenoxy) is 1. The van der Waals surface area contributed by atoms with Crippen LogP contribution in [0.25, 0.3) is 11.1 Å². The van der Waals surface area contributed by atoms with E-state index in [0.29, 0.717) is 36.8 Å². The van der Waals surface area contributed by atoms with E-state index < -0.39 is 11.4 Å². The van der Waals surface area contributed by atoms with Gasteiger partial charge in [0.1, 0.15) is 18.1 Å². The van der Waals surface area contributed by atoms with Crippen LogP contribution in [0.3, 0.4) is 0 Å². The minimum absolute atomic E-state index is 0.130. The van der Waals surface area contributed by atoms with Crippen molar-refractivity contribution in [3.05, 3.63) is 134 Å². The minimum Gasteiger partial charge on any atom is -0.489 e. The molecule has 0 bridgehead atoms. The van der Waals surface area contributed by atoms with E-state index in [2.05, 4.69) is 17.1 Å². The summed E-state index contributed by atoms with van der Waals surface area (Å²) in [4.78, 5) is 39.8. The molecule has 2 aromatic heterocycles. The number of hydrogen-bond acceptors (Lipinski definition) is 7. The maximum Gasteiger partial charge on any atom is 0.440 e.